The molecule has 0 unspecified atom stereocenters. The van der Waals surface area contributed by atoms with E-state index in [-0.39, 0.29) is 17.2 Å². The minimum Gasteiger partial charge on any atom is -0.339 e. The molecule has 28 heavy (non-hydrogen) atoms. The van der Waals surface area contributed by atoms with E-state index in [1.165, 1.54) is 0 Å². The molecule has 0 aromatic heterocycles. The van der Waals surface area contributed by atoms with Crippen molar-refractivity contribution in [1.82, 2.24) is 9.80 Å². The van der Waals surface area contributed by atoms with Crippen LogP contribution in [0.3, 0.4) is 0 Å². The Hall–Kier alpha value is -2.27. The number of carbonyl (C=O) groups excluding carboxylic acids is 2. The molecule has 2 aromatic carbocycles. The zero-order valence-electron chi connectivity index (χ0n) is 16.2. The first-order valence-electron chi connectivity index (χ1n) is 9.96. The third-order valence-electron chi connectivity index (χ3n) is 5.68. The smallest absolute Gasteiger partial charge is 0.253 e. The Morgan fingerprint density at radius 3 is 2.39 bits per heavy atom. The normalized spacial score (nSPS) is 20.6. The van der Waals surface area contributed by atoms with Gasteiger partial charge < -0.3 is 9.80 Å². The minimum absolute atomic E-state index is 0.00712. The van der Waals surface area contributed by atoms with Crippen molar-refractivity contribution in [2.45, 2.75) is 31.7 Å². The molecule has 0 aliphatic carbocycles. The van der Waals surface area contributed by atoms with Crippen molar-refractivity contribution in [2.24, 2.45) is 5.92 Å². The van der Waals surface area contributed by atoms with Crippen LogP contribution in [0.5, 0.6) is 0 Å². The van der Waals surface area contributed by atoms with E-state index in [0.29, 0.717) is 18.2 Å². The number of benzene rings is 2. The highest BCUT2D eigenvalue weighted by molar-refractivity contribution is 8.00. The fraction of sp³-hybridized carbons (Fsp3) is 0.391. The maximum Gasteiger partial charge on any atom is 0.253 e. The van der Waals surface area contributed by atoms with E-state index < -0.39 is 0 Å². The number of rotatable bonds is 4. The molecule has 0 saturated carbocycles. The van der Waals surface area contributed by atoms with Crippen LogP contribution in [0.25, 0.3) is 0 Å². The van der Waals surface area contributed by atoms with Crippen LogP contribution in [0.15, 0.2) is 54.6 Å². The van der Waals surface area contributed by atoms with E-state index in [2.05, 4.69) is 19.1 Å². The highest BCUT2D eigenvalue weighted by Crippen LogP contribution is 2.39. The second kappa shape index (κ2) is 8.39. The molecule has 4 rings (SSSR count). The molecule has 2 aliphatic rings. The van der Waals surface area contributed by atoms with E-state index in [4.69, 9.17) is 0 Å². The Morgan fingerprint density at radius 1 is 1.04 bits per heavy atom. The van der Waals surface area contributed by atoms with Gasteiger partial charge in [0.2, 0.25) is 5.91 Å². The molecular weight excluding hydrogens is 368 g/mol. The number of piperidine rings is 1. The molecular formula is C23H26N2O2S. The maximum absolute atomic E-state index is 12.8. The van der Waals surface area contributed by atoms with Crippen molar-refractivity contribution in [3.05, 3.63) is 71.3 Å². The molecule has 0 radical (unpaired) electrons. The Kier molecular flexibility index (Phi) is 5.72. The van der Waals surface area contributed by atoms with Gasteiger partial charge in [-0.3, -0.25) is 9.59 Å². The molecule has 5 heteroatoms. The minimum atomic E-state index is 0.00712. The van der Waals surface area contributed by atoms with Crippen molar-refractivity contribution in [1.29, 1.82) is 0 Å². The van der Waals surface area contributed by atoms with Gasteiger partial charge in [-0.1, -0.05) is 49.4 Å². The summed E-state index contributed by atoms with van der Waals surface area (Å²) in [4.78, 5) is 29.1. The summed E-state index contributed by atoms with van der Waals surface area (Å²) in [5.74, 6) is 1.50. The zero-order valence-corrected chi connectivity index (χ0v) is 17.0. The standard InChI is InChI=1S/C23H26N2O2S/c1-17-11-13-24(14-12-17)22(27)19-7-9-20(10-8-19)23-25(21(26)16-28-23)15-18-5-3-2-4-6-18/h2-10,17,23H,11-16H2,1H3/t23-/m0/s1. The summed E-state index contributed by atoms with van der Waals surface area (Å²) in [6.45, 7) is 4.56. The number of likely N-dealkylation sites (tertiary alicyclic amines) is 1. The molecule has 2 amide bonds. The van der Waals surface area contributed by atoms with Gasteiger partial charge in [-0.15, -0.1) is 11.8 Å². The topological polar surface area (TPSA) is 40.6 Å². The highest BCUT2D eigenvalue weighted by atomic mass is 32.2. The van der Waals surface area contributed by atoms with E-state index in [0.717, 1.165) is 42.6 Å². The monoisotopic (exact) mass is 394 g/mol. The number of hydrogen-bond acceptors (Lipinski definition) is 3. The molecule has 1 atom stereocenters. The summed E-state index contributed by atoms with van der Waals surface area (Å²) >= 11 is 1.65. The summed E-state index contributed by atoms with van der Waals surface area (Å²) in [5.41, 5.74) is 2.95. The molecule has 4 nitrogen and oxygen atoms in total. The molecule has 2 aliphatic heterocycles. The predicted octanol–water partition coefficient (Wildman–Crippen LogP) is 4.33. The molecule has 0 bridgehead atoms. The number of amides is 2. The molecule has 146 valence electrons. The van der Waals surface area contributed by atoms with Crippen LogP contribution in [-0.4, -0.2) is 40.5 Å². The summed E-state index contributed by atoms with van der Waals surface area (Å²) in [6.07, 6.45) is 2.16. The Balaban J connectivity index is 1.46. The molecule has 0 spiro atoms. The second-order valence-corrected chi connectivity index (χ2v) is 8.84. The van der Waals surface area contributed by atoms with Crippen LogP contribution in [0.4, 0.5) is 0 Å². The summed E-state index contributed by atoms with van der Waals surface area (Å²) in [5, 5.41) is 0.00712. The lowest BCUT2D eigenvalue weighted by atomic mass is 9.98. The first-order valence-corrected chi connectivity index (χ1v) is 11.0. The van der Waals surface area contributed by atoms with Gasteiger partial charge in [-0.25, -0.2) is 0 Å². The first kappa shape index (κ1) is 19.1. The van der Waals surface area contributed by atoms with Gasteiger partial charge in [0.15, 0.2) is 0 Å². The van der Waals surface area contributed by atoms with Crippen LogP contribution in [0.2, 0.25) is 0 Å². The van der Waals surface area contributed by atoms with Crippen LogP contribution >= 0.6 is 11.8 Å². The molecule has 2 fully saturated rings. The quantitative estimate of drug-likeness (QED) is 0.775. The highest BCUT2D eigenvalue weighted by Gasteiger charge is 2.33. The van der Waals surface area contributed by atoms with E-state index >= 15 is 0 Å². The Bertz CT molecular complexity index is 829. The molecule has 0 N–H and O–H groups in total. The first-order chi connectivity index (χ1) is 13.6. The summed E-state index contributed by atoms with van der Waals surface area (Å²) in [6, 6.07) is 17.9. The second-order valence-electron chi connectivity index (χ2n) is 7.77. The Morgan fingerprint density at radius 2 is 1.71 bits per heavy atom. The van der Waals surface area contributed by atoms with Gasteiger partial charge in [0.25, 0.3) is 5.91 Å². The van der Waals surface area contributed by atoms with Crippen molar-refractivity contribution in [3.63, 3.8) is 0 Å². The number of carbonyl (C=O) groups is 2. The average Bonchev–Trinajstić information content (AvgIpc) is 3.09. The van der Waals surface area contributed by atoms with Gasteiger partial charge in [0, 0.05) is 25.2 Å². The maximum atomic E-state index is 12.8. The van der Waals surface area contributed by atoms with Crippen molar-refractivity contribution >= 4 is 23.6 Å². The van der Waals surface area contributed by atoms with Gasteiger partial charge in [-0.2, -0.15) is 0 Å². The van der Waals surface area contributed by atoms with Gasteiger partial charge in [0.1, 0.15) is 5.37 Å². The number of hydrogen-bond donors (Lipinski definition) is 0. The predicted molar refractivity (Wildman–Crippen MR) is 113 cm³/mol. The average molecular weight is 395 g/mol. The van der Waals surface area contributed by atoms with Gasteiger partial charge in [0.05, 0.1) is 5.75 Å². The van der Waals surface area contributed by atoms with Crippen molar-refractivity contribution in [3.8, 4) is 0 Å². The fourth-order valence-electron chi connectivity index (χ4n) is 3.87. The van der Waals surface area contributed by atoms with Gasteiger partial charge in [-0.05, 0) is 42.0 Å². The van der Waals surface area contributed by atoms with Crippen LogP contribution in [0.1, 0.15) is 46.6 Å². The van der Waals surface area contributed by atoms with Crippen molar-refractivity contribution in [2.75, 3.05) is 18.8 Å². The van der Waals surface area contributed by atoms with E-state index in [1.807, 2.05) is 52.3 Å². The van der Waals surface area contributed by atoms with E-state index in [1.54, 1.807) is 11.8 Å². The summed E-state index contributed by atoms with van der Waals surface area (Å²) < 4.78 is 0. The lowest BCUT2D eigenvalue weighted by Gasteiger charge is -2.30. The zero-order chi connectivity index (χ0) is 19.5. The lowest BCUT2D eigenvalue weighted by Crippen LogP contribution is -2.37. The number of nitrogens with zero attached hydrogens (tertiary/aromatic N) is 2. The van der Waals surface area contributed by atoms with E-state index in [9.17, 15) is 9.59 Å². The van der Waals surface area contributed by atoms with Crippen molar-refractivity contribution < 1.29 is 9.59 Å². The SMILES string of the molecule is CC1CCN(C(=O)c2ccc([C@@H]3SCC(=O)N3Cc3ccccc3)cc2)CC1. The molecule has 2 saturated heterocycles. The van der Waals surface area contributed by atoms with Crippen LogP contribution < -0.4 is 0 Å². The number of thioether (sulfide) groups is 1. The largest absolute Gasteiger partial charge is 0.339 e. The van der Waals surface area contributed by atoms with Gasteiger partial charge >= 0.3 is 0 Å². The third-order valence-corrected chi connectivity index (χ3v) is 6.93. The van der Waals surface area contributed by atoms with Crippen LogP contribution in [0, 0.1) is 5.92 Å². The summed E-state index contributed by atoms with van der Waals surface area (Å²) in [7, 11) is 0. The molecule has 2 heterocycles. The fourth-order valence-corrected chi connectivity index (χ4v) is 5.05. The van der Waals surface area contributed by atoms with Crippen LogP contribution in [-0.2, 0) is 11.3 Å². The molecule has 2 aromatic rings. The lowest BCUT2D eigenvalue weighted by molar-refractivity contribution is -0.128. The Labute approximate surface area is 170 Å². The third kappa shape index (κ3) is 4.09.